The van der Waals surface area contributed by atoms with Crippen LogP contribution in [0.2, 0.25) is 0 Å². The molecule has 0 fully saturated rings. The SMILES string of the molecule is CCN(CC)c1ccc2c3c(c(=O)oc2c1)CCC3. The molecular weight excluding hydrogens is 238 g/mol. The van der Waals surface area contributed by atoms with Crippen molar-refractivity contribution in [2.24, 2.45) is 0 Å². The van der Waals surface area contributed by atoms with E-state index >= 15 is 0 Å². The lowest BCUT2D eigenvalue weighted by molar-refractivity contribution is 0.552. The van der Waals surface area contributed by atoms with Gasteiger partial charge in [0.1, 0.15) is 5.58 Å². The number of rotatable bonds is 3. The number of hydrogen-bond acceptors (Lipinski definition) is 3. The van der Waals surface area contributed by atoms with Crippen molar-refractivity contribution in [2.45, 2.75) is 33.1 Å². The highest BCUT2D eigenvalue weighted by Crippen LogP contribution is 2.29. The minimum Gasteiger partial charge on any atom is -0.422 e. The fourth-order valence-electron chi connectivity index (χ4n) is 3.06. The second-order valence-corrected chi connectivity index (χ2v) is 5.05. The molecule has 0 unspecified atom stereocenters. The number of hydrogen-bond donors (Lipinski definition) is 0. The van der Waals surface area contributed by atoms with Gasteiger partial charge in [0.2, 0.25) is 0 Å². The molecule has 1 aliphatic rings. The monoisotopic (exact) mass is 257 g/mol. The number of nitrogens with zero attached hydrogens (tertiary/aromatic N) is 1. The third-order valence-corrected chi connectivity index (χ3v) is 4.09. The van der Waals surface area contributed by atoms with Gasteiger partial charge < -0.3 is 9.32 Å². The maximum atomic E-state index is 12.0. The van der Waals surface area contributed by atoms with Crippen LogP contribution >= 0.6 is 0 Å². The van der Waals surface area contributed by atoms with Gasteiger partial charge in [-0.2, -0.15) is 0 Å². The first-order valence-electron chi connectivity index (χ1n) is 7.08. The van der Waals surface area contributed by atoms with Crippen molar-refractivity contribution < 1.29 is 4.42 Å². The van der Waals surface area contributed by atoms with E-state index in [0.717, 1.165) is 54.6 Å². The van der Waals surface area contributed by atoms with Gasteiger partial charge in [0.15, 0.2) is 0 Å². The van der Waals surface area contributed by atoms with E-state index in [1.165, 1.54) is 5.56 Å². The van der Waals surface area contributed by atoms with Gasteiger partial charge in [-0.3, -0.25) is 0 Å². The summed E-state index contributed by atoms with van der Waals surface area (Å²) < 4.78 is 5.50. The molecule has 2 aromatic rings. The zero-order valence-electron chi connectivity index (χ0n) is 11.5. The van der Waals surface area contributed by atoms with Gasteiger partial charge in [-0.05, 0) is 50.8 Å². The summed E-state index contributed by atoms with van der Waals surface area (Å²) in [6.45, 7) is 6.17. The van der Waals surface area contributed by atoms with E-state index in [1.54, 1.807) is 0 Å². The zero-order chi connectivity index (χ0) is 13.4. The Hall–Kier alpha value is -1.77. The van der Waals surface area contributed by atoms with E-state index < -0.39 is 0 Å². The highest BCUT2D eigenvalue weighted by molar-refractivity contribution is 5.85. The molecule has 3 rings (SSSR count). The molecule has 0 bridgehead atoms. The molecule has 1 aromatic carbocycles. The molecule has 1 heterocycles. The maximum absolute atomic E-state index is 12.0. The molecule has 1 aromatic heterocycles. The summed E-state index contributed by atoms with van der Waals surface area (Å²) >= 11 is 0. The number of benzene rings is 1. The van der Waals surface area contributed by atoms with Crippen molar-refractivity contribution in [2.75, 3.05) is 18.0 Å². The van der Waals surface area contributed by atoms with Gasteiger partial charge in [0.25, 0.3) is 0 Å². The molecule has 0 amide bonds. The molecule has 0 N–H and O–H groups in total. The molecular formula is C16H19NO2. The van der Waals surface area contributed by atoms with E-state index in [0.29, 0.717) is 0 Å². The highest BCUT2D eigenvalue weighted by atomic mass is 16.4. The molecule has 0 aliphatic heterocycles. The Morgan fingerprint density at radius 1 is 1.16 bits per heavy atom. The maximum Gasteiger partial charge on any atom is 0.339 e. The third-order valence-electron chi connectivity index (χ3n) is 4.09. The van der Waals surface area contributed by atoms with Crippen LogP contribution in [0.15, 0.2) is 27.4 Å². The average molecular weight is 257 g/mol. The lowest BCUT2D eigenvalue weighted by atomic mass is 10.1. The highest BCUT2D eigenvalue weighted by Gasteiger charge is 2.19. The Balaban J connectivity index is 2.20. The van der Waals surface area contributed by atoms with Crippen molar-refractivity contribution >= 4 is 16.7 Å². The summed E-state index contributed by atoms with van der Waals surface area (Å²) in [5.74, 6) is 0. The van der Waals surface area contributed by atoms with Crippen LogP contribution in [0.25, 0.3) is 11.0 Å². The van der Waals surface area contributed by atoms with Gasteiger partial charge in [-0.15, -0.1) is 0 Å². The van der Waals surface area contributed by atoms with Crippen molar-refractivity contribution in [3.63, 3.8) is 0 Å². The van der Waals surface area contributed by atoms with Gasteiger partial charge in [-0.25, -0.2) is 4.79 Å². The molecule has 0 radical (unpaired) electrons. The summed E-state index contributed by atoms with van der Waals surface area (Å²) in [7, 11) is 0. The van der Waals surface area contributed by atoms with Crippen LogP contribution in [0.1, 0.15) is 31.4 Å². The molecule has 0 saturated heterocycles. The number of aryl methyl sites for hydroxylation is 1. The second-order valence-electron chi connectivity index (χ2n) is 5.05. The molecule has 0 spiro atoms. The predicted molar refractivity (Wildman–Crippen MR) is 78.1 cm³/mol. The van der Waals surface area contributed by atoms with Crippen LogP contribution < -0.4 is 10.5 Å². The quantitative estimate of drug-likeness (QED) is 0.792. The summed E-state index contributed by atoms with van der Waals surface area (Å²) in [6, 6.07) is 6.24. The van der Waals surface area contributed by atoms with Gasteiger partial charge in [0.05, 0.1) is 0 Å². The standard InChI is InChI=1S/C16H19NO2/c1-3-17(4-2)11-8-9-13-12-6-5-7-14(12)16(18)19-15(13)10-11/h8-10H,3-7H2,1-2H3. The minimum absolute atomic E-state index is 0.142. The van der Waals surface area contributed by atoms with Crippen LogP contribution in [0, 0.1) is 0 Å². The van der Waals surface area contributed by atoms with Crippen molar-refractivity contribution in [1.29, 1.82) is 0 Å². The average Bonchev–Trinajstić information content (AvgIpc) is 2.90. The van der Waals surface area contributed by atoms with Crippen LogP contribution in [-0.2, 0) is 12.8 Å². The molecule has 3 heteroatoms. The van der Waals surface area contributed by atoms with Crippen molar-refractivity contribution in [1.82, 2.24) is 0 Å². The largest absolute Gasteiger partial charge is 0.422 e. The van der Waals surface area contributed by atoms with Crippen molar-refractivity contribution in [3.05, 3.63) is 39.7 Å². The fourth-order valence-corrected chi connectivity index (χ4v) is 3.06. The van der Waals surface area contributed by atoms with Crippen LogP contribution in [0.5, 0.6) is 0 Å². The Labute approximate surface area is 112 Å². The van der Waals surface area contributed by atoms with Crippen LogP contribution in [-0.4, -0.2) is 13.1 Å². The van der Waals surface area contributed by atoms with E-state index in [4.69, 9.17) is 4.42 Å². The number of anilines is 1. The predicted octanol–water partition coefficient (Wildman–Crippen LogP) is 3.13. The topological polar surface area (TPSA) is 33.5 Å². The first kappa shape index (κ1) is 12.3. The third kappa shape index (κ3) is 1.93. The van der Waals surface area contributed by atoms with Crippen LogP contribution in [0.3, 0.4) is 0 Å². The van der Waals surface area contributed by atoms with Gasteiger partial charge in [0, 0.05) is 35.8 Å². The summed E-state index contributed by atoms with van der Waals surface area (Å²) in [6.07, 6.45) is 2.93. The Morgan fingerprint density at radius 2 is 1.89 bits per heavy atom. The lowest BCUT2D eigenvalue weighted by Gasteiger charge is -2.21. The first-order chi connectivity index (χ1) is 9.24. The van der Waals surface area contributed by atoms with Gasteiger partial charge in [-0.1, -0.05) is 0 Å². The molecule has 1 aliphatic carbocycles. The van der Waals surface area contributed by atoms with E-state index in [9.17, 15) is 4.79 Å². The van der Waals surface area contributed by atoms with E-state index in [2.05, 4.69) is 30.9 Å². The fraction of sp³-hybridized carbons (Fsp3) is 0.438. The van der Waals surface area contributed by atoms with Crippen LogP contribution in [0.4, 0.5) is 5.69 Å². The van der Waals surface area contributed by atoms with Crippen molar-refractivity contribution in [3.8, 4) is 0 Å². The molecule has 0 atom stereocenters. The molecule has 3 nitrogen and oxygen atoms in total. The van der Waals surface area contributed by atoms with E-state index in [1.807, 2.05) is 6.07 Å². The summed E-state index contributed by atoms with van der Waals surface area (Å²) in [5.41, 5.74) is 3.81. The second kappa shape index (κ2) is 4.72. The number of fused-ring (bicyclic) bond motifs is 3. The van der Waals surface area contributed by atoms with E-state index in [-0.39, 0.29) is 5.63 Å². The zero-order valence-corrected chi connectivity index (χ0v) is 11.5. The summed E-state index contributed by atoms with van der Waals surface area (Å²) in [5, 5.41) is 1.11. The summed E-state index contributed by atoms with van der Waals surface area (Å²) in [4.78, 5) is 14.2. The Bertz CT molecular complexity index is 668. The Kier molecular flexibility index (Phi) is 3.05. The minimum atomic E-state index is -0.142. The Morgan fingerprint density at radius 3 is 2.63 bits per heavy atom. The normalized spacial score (nSPS) is 13.8. The van der Waals surface area contributed by atoms with Gasteiger partial charge >= 0.3 is 5.63 Å². The first-order valence-corrected chi connectivity index (χ1v) is 7.08. The lowest BCUT2D eigenvalue weighted by Crippen LogP contribution is -2.21. The smallest absolute Gasteiger partial charge is 0.339 e. The molecule has 19 heavy (non-hydrogen) atoms. The molecule has 0 saturated carbocycles. The molecule has 100 valence electrons.